The van der Waals surface area contributed by atoms with Crippen molar-refractivity contribution >= 4 is 22.9 Å². The molecule has 0 aliphatic carbocycles. The number of nitrogens with one attached hydrogen (secondary N) is 1. The van der Waals surface area contributed by atoms with Crippen LogP contribution < -0.4 is 10.2 Å². The third-order valence-electron chi connectivity index (χ3n) is 5.49. The molecule has 4 rings (SSSR count). The van der Waals surface area contributed by atoms with Gasteiger partial charge in [0.15, 0.2) is 0 Å². The highest BCUT2D eigenvalue weighted by atomic mass is 19.1. The number of carbonyl (C=O) groups is 1. The molecule has 2 aromatic carbocycles. The maximum Gasteiger partial charge on any atom is 0.224 e. The number of benzene rings is 2. The second kappa shape index (κ2) is 8.00. The minimum absolute atomic E-state index is 0.0415. The molecule has 6 heteroatoms. The number of amides is 1. The molecule has 0 bridgehead atoms. The lowest BCUT2D eigenvalue weighted by molar-refractivity contribution is -0.125. The smallest absolute Gasteiger partial charge is 0.224 e. The first-order chi connectivity index (χ1) is 13.6. The van der Waals surface area contributed by atoms with Crippen molar-refractivity contribution in [1.29, 1.82) is 0 Å². The topological polar surface area (TPSA) is 50.2 Å². The average molecular weight is 380 g/mol. The summed E-state index contributed by atoms with van der Waals surface area (Å²) in [5.74, 6) is 0.654. The van der Waals surface area contributed by atoms with Crippen LogP contribution in [-0.2, 0) is 18.3 Å². The van der Waals surface area contributed by atoms with Gasteiger partial charge in [0.25, 0.3) is 0 Å². The summed E-state index contributed by atoms with van der Waals surface area (Å²) in [5, 5.41) is 2.98. The van der Waals surface area contributed by atoms with Crippen molar-refractivity contribution in [3.8, 4) is 0 Å². The number of piperidine rings is 1. The monoisotopic (exact) mass is 380 g/mol. The van der Waals surface area contributed by atoms with Crippen LogP contribution in [0.1, 0.15) is 18.4 Å². The molecule has 2 heterocycles. The summed E-state index contributed by atoms with van der Waals surface area (Å²) >= 11 is 0. The molecular weight excluding hydrogens is 355 g/mol. The standard InChI is InChI=1S/C22H25FN4O/c1-26-20-11-5-4-10-19(20)25-22(26)27-14-6-8-17(15-27)21(28)24-13-12-16-7-2-3-9-18(16)23/h2-5,7,9-11,17H,6,8,12-15H2,1H3,(H,24,28)/t17-/m0/s1. The van der Waals surface area contributed by atoms with E-state index in [-0.39, 0.29) is 17.6 Å². The Bertz CT molecular complexity index is 984. The van der Waals surface area contributed by atoms with E-state index >= 15 is 0 Å². The van der Waals surface area contributed by atoms with Gasteiger partial charge in [0.1, 0.15) is 5.82 Å². The van der Waals surface area contributed by atoms with Gasteiger partial charge in [-0.1, -0.05) is 30.3 Å². The fourth-order valence-corrected chi connectivity index (χ4v) is 3.95. The van der Waals surface area contributed by atoms with E-state index in [2.05, 4.69) is 20.9 Å². The number of aryl methyl sites for hydroxylation is 1. The first kappa shape index (κ1) is 18.5. The van der Waals surface area contributed by atoms with E-state index < -0.39 is 0 Å². The number of carbonyl (C=O) groups excluding carboxylic acids is 1. The maximum atomic E-state index is 13.7. The molecule has 1 fully saturated rings. The van der Waals surface area contributed by atoms with Crippen LogP contribution in [0.25, 0.3) is 11.0 Å². The second-order valence-electron chi connectivity index (χ2n) is 7.38. The van der Waals surface area contributed by atoms with Crippen LogP contribution in [0.3, 0.4) is 0 Å². The first-order valence-electron chi connectivity index (χ1n) is 9.81. The minimum Gasteiger partial charge on any atom is -0.355 e. The SMILES string of the molecule is Cn1c(N2CCC[C@H](C(=O)NCCc3ccccc3F)C2)nc2ccccc21. The summed E-state index contributed by atoms with van der Waals surface area (Å²) in [6.45, 7) is 2.00. The average Bonchev–Trinajstić information content (AvgIpc) is 3.06. The molecule has 0 radical (unpaired) electrons. The van der Waals surface area contributed by atoms with Crippen molar-refractivity contribution in [2.45, 2.75) is 19.3 Å². The number of aromatic nitrogens is 2. The largest absolute Gasteiger partial charge is 0.355 e. The summed E-state index contributed by atoms with van der Waals surface area (Å²) in [7, 11) is 2.02. The van der Waals surface area contributed by atoms with Crippen molar-refractivity contribution in [2.75, 3.05) is 24.5 Å². The van der Waals surface area contributed by atoms with Crippen molar-refractivity contribution < 1.29 is 9.18 Å². The Morgan fingerprint density at radius 3 is 2.82 bits per heavy atom. The highest BCUT2D eigenvalue weighted by Gasteiger charge is 2.28. The van der Waals surface area contributed by atoms with Crippen LogP contribution in [0.15, 0.2) is 48.5 Å². The zero-order valence-electron chi connectivity index (χ0n) is 16.1. The third kappa shape index (κ3) is 3.72. The Labute approximate surface area is 164 Å². The van der Waals surface area contributed by atoms with Gasteiger partial charge in [-0.3, -0.25) is 4.79 Å². The Morgan fingerprint density at radius 1 is 1.21 bits per heavy atom. The van der Waals surface area contributed by atoms with Crippen molar-refractivity contribution in [3.63, 3.8) is 0 Å². The van der Waals surface area contributed by atoms with Crippen LogP contribution in [-0.4, -0.2) is 35.1 Å². The lowest BCUT2D eigenvalue weighted by Gasteiger charge is -2.32. The van der Waals surface area contributed by atoms with Gasteiger partial charge in [-0.2, -0.15) is 0 Å². The second-order valence-corrected chi connectivity index (χ2v) is 7.38. The van der Waals surface area contributed by atoms with E-state index in [1.807, 2.05) is 31.3 Å². The Kier molecular flexibility index (Phi) is 5.28. The highest BCUT2D eigenvalue weighted by molar-refractivity contribution is 5.81. The molecule has 28 heavy (non-hydrogen) atoms. The third-order valence-corrected chi connectivity index (χ3v) is 5.49. The van der Waals surface area contributed by atoms with Crippen molar-refractivity contribution in [2.24, 2.45) is 13.0 Å². The minimum atomic E-state index is -0.220. The van der Waals surface area contributed by atoms with Gasteiger partial charge in [0.05, 0.1) is 17.0 Å². The van der Waals surface area contributed by atoms with Crippen molar-refractivity contribution in [1.82, 2.24) is 14.9 Å². The molecule has 0 saturated carbocycles. The molecule has 1 aliphatic rings. The number of para-hydroxylation sites is 2. The molecule has 0 unspecified atom stereocenters. The predicted octanol–water partition coefficient (Wildman–Crippen LogP) is 3.29. The Morgan fingerprint density at radius 2 is 2.00 bits per heavy atom. The van der Waals surface area contributed by atoms with E-state index in [1.165, 1.54) is 6.07 Å². The maximum absolute atomic E-state index is 13.7. The molecule has 146 valence electrons. The zero-order valence-corrected chi connectivity index (χ0v) is 16.1. The fraction of sp³-hybridized carbons (Fsp3) is 0.364. The van der Waals surface area contributed by atoms with Crippen LogP contribution in [0, 0.1) is 11.7 Å². The number of imidazole rings is 1. The highest BCUT2D eigenvalue weighted by Crippen LogP contribution is 2.26. The number of hydrogen-bond acceptors (Lipinski definition) is 3. The number of fused-ring (bicyclic) bond motifs is 1. The summed E-state index contributed by atoms with van der Waals surface area (Å²) in [5.41, 5.74) is 2.69. The van der Waals surface area contributed by atoms with E-state index in [0.29, 0.717) is 25.1 Å². The Hall–Kier alpha value is -2.89. The molecular formula is C22H25FN4O. The van der Waals surface area contributed by atoms with Gasteiger partial charge in [0, 0.05) is 26.7 Å². The van der Waals surface area contributed by atoms with Gasteiger partial charge < -0.3 is 14.8 Å². The lowest BCUT2D eigenvalue weighted by atomic mass is 9.97. The van der Waals surface area contributed by atoms with Crippen LogP contribution in [0.4, 0.5) is 10.3 Å². The molecule has 1 atom stereocenters. The molecule has 1 aromatic heterocycles. The fourth-order valence-electron chi connectivity index (χ4n) is 3.95. The normalized spacial score (nSPS) is 17.1. The summed E-state index contributed by atoms with van der Waals surface area (Å²) in [4.78, 5) is 19.6. The van der Waals surface area contributed by atoms with Crippen molar-refractivity contribution in [3.05, 3.63) is 59.9 Å². The number of nitrogens with zero attached hydrogens (tertiary/aromatic N) is 3. The lowest BCUT2D eigenvalue weighted by Crippen LogP contribution is -2.44. The molecule has 5 nitrogen and oxygen atoms in total. The first-order valence-corrected chi connectivity index (χ1v) is 9.81. The van der Waals surface area contributed by atoms with Crippen LogP contribution >= 0.6 is 0 Å². The van der Waals surface area contributed by atoms with E-state index in [4.69, 9.17) is 4.98 Å². The number of hydrogen-bond donors (Lipinski definition) is 1. The van der Waals surface area contributed by atoms with Gasteiger partial charge in [-0.15, -0.1) is 0 Å². The van der Waals surface area contributed by atoms with Gasteiger partial charge in [-0.05, 0) is 43.0 Å². The molecule has 0 spiro atoms. The number of halogens is 1. The summed E-state index contributed by atoms with van der Waals surface area (Å²) in [6.07, 6.45) is 2.32. The van der Waals surface area contributed by atoms with Crippen LogP contribution in [0.5, 0.6) is 0 Å². The molecule has 1 amide bonds. The Balaban J connectivity index is 1.38. The molecule has 3 aromatic rings. The number of anilines is 1. The summed E-state index contributed by atoms with van der Waals surface area (Å²) in [6, 6.07) is 14.8. The quantitative estimate of drug-likeness (QED) is 0.739. The zero-order chi connectivity index (χ0) is 19.5. The molecule has 1 saturated heterocycles. The van der Waals surface area contributed by atoms with E-state index in [9.17, 15) is 9.18 Å². The van der Waals surface area contributed by atoms with E-state index in [0.717, 1.165) is 36.4 Å². The summed E-state index contributed by atoms with van der Waals surface area (Å²) < 4.78 is 15.8. The predicted molar refractivity (Wildman–Crippen MR) is 109 cm³/mol. The van der Waals surface area contributed by atoms with Gasteiger partial charge in [0.2, 0.25) is 11.9 Å². The molecule has 1 N–H and O–H groups in total. The molecule has 1 aliphatic heterocycles. The van der Waals surface area contributed by atoms with Gasteiger partial charge >= 0.3 is 0 Å². The van der Waals surface area contributed by atoms with E-state index in [1.54, 1.807) is 12.1 Å². The van der Waals surface area contributed by atoms with Crippen LogP contribution in [0.2, 0.25) is 0 Å². The van der Waals surface area contributed by atoms with Gasteiger partial charge in [-0.25, -0.2) is 9.37 Å². The number of rotatable bonds is 5.